The van der Waals surface area contributed by atoms with Crippen molar-refractivity contribution in [3.05, 3.63) is 134 Å². The summed E-state index contributed by atoms with van der Waals surface area (Å²) in [6.45, 7) is 19.0. The molecular weight excluding hydrogens is 1130 g/mol. The van der Waals surface area contributed by atoms with E-state index in [0.29, 0.717) is 32.9 Å². The zero-order valence-electron chi connectivity index (χ0n) is 43.3. The van der Waals surface area contributed by atoms with E-state index < -0.39 is 18.4 Å². The van der Waals surface area contributed by atoms with Gasteiger partial charge in [0.2, 0.25) is 0 Å². The molecule has 0 spiro atoms. The minimum Gasteiger partial charge on any atom is -0.382 e. The third-order valence-electron chi connectivity index (χ3n) is 11.2. The fourth-order valence-electron chi connectivity index (χ4n) is 7.49. The van der Waals surface area contributed by atoms with Crippen LogP contribution in [0.15, 0.2) is 97.4 Å². The molecule has 0 aliphatic rings. The summed E-state index contributed by atoms with van der Waals surface area (Å²) in [7, 11) is 0. The summed E-state index contributed by atoms with van der Waals surface area (Å²) in [6, 6.07) is 15.1. The minimum atomic E-state index is -2.17. The van der Waals surface area contributed by atoms with Gasteiger partial charge in [0, 0.05) is 56.4 Å². The van der Waals surface area contributed by atoms with Crippen LogP contribution in [-0.4, -0.2) is 63.2 Å². The van der Waals surface area contributed by atoms with E-state index in [2.05, 4.69) is 87.6 Å². The SMILES string of the molecule is CCC[CH2][Sn]([CH2]CCC)([CH2]CCC)[c]1ncc(C)s1.Cc1cnc(-c2nc(N)cnc2-c2cc(Cl)c3ncccc3c2)s1.Cc1cncs1.Nc1cnc(-c2cc(Cl)c3ncccc3c2)c(Cl)n1.[CH2-]CCC.[Li+]. The van der Waals surface area contributed by atoms with Crippen molar-refractivity contribution in [3.8, 4) is 33.2 Å². The number of halogens is 3. The van der Waals surface area contributed by atoms with Crippen LogP contribution in [0.4, 0.5) is 11.6 Å². The van der Waals surface area contributed by atoms with Gasteiger partial charge >= 0.3 is 147 Å². The van der Waals surface area contributed by atoms with Gasteiger partial charge in [-0.3, -0.25) is 19.9 Å². The molecule has 19 heteroatoms. The van der Waals surface area contributed by atoms with Crippen molar-refractivity contribution < 1.29 is 18.9 Å². The maximum atomic E-state index is 6.40. The van der Waals surface area contributed by atoms with E-state index in [1.807, 2.05) is 85.6 Å². The molecule has 0 amide bonds. The predicted molar refractivity (Wildman–Crippen MR) is 314 cm³/mol. The van der Waals surface area contributed by atoms with Crippen molar-refractivity contribution in [1.29, 1.82) is 0 Å². The number of aromatic nitrogens is 9. The van der Waals surface area contributed by atoms with Crippen molar-refractivity contribution in [2.75, 3.05) is 11.5 Å². The molecule has 7 heterocycles. The number of pyridine rings is 2. The van der Waals surface area contributed by atoms with Crippen LogP contribution in [0.2, 0.25) is 28.5 Å². The summed E-state index contributed by atoms with van der Waals surface area (Å²) in [5.74, 6) is 0.637. The summed E-state index contributed by atoms with van der Waals surface area (Å²) >= 11 is 21.7. The molecular formula is C54H65Cl3LiN11S3Sn. The third-order valence-corrected chi connectivity index (χ3v) is 32.4. The Balaban J connectivity index is 0.000000217. The van der Waals surface area contributed by atoms with Gasteiger partial charge in [-0.25, -0.2) is 19.9 Å². The Kier molecular flexibility index (Phi) is 27.0. The summed E-state index contributed by atoms with van der Waals surface area (Å²) < 4.78 is 6.25. The number of anilines is 2. The topological polar surface area (TPSA) is 168 Å². The fourth-order valence-corrected chi connectivity index (χ4v) is 29.2. The minimum absolute atomic E-state index is 0. The number of hydrogen-bond acceptors (Lipinski definition) is 14. The Morgan fingerprint density at radius 1 is 0.575 bits per heavy atom. The summed E-state index contributed by atoms with van der Waals surface area (Å²) in [5.41, 5.74) is 18.2. The van der Waals surface area contributed by atoms with Gasteiger partial charge in [0.1, 0.15) is 28.0 Å². The van der Waals surface area contributed by atoms with Crippen molar-refractivity contribution in [2.24, 2.45) is 0 Å². The number of benzene rings is 2. The maximum absolute atomic E-state index is 6.40. The monoisotopic (exact) mass is 1200 g/mol. The second-order valence-electron chi connectivity index (χ2n) is 17.1. The van der Waals surface area contributed by atoms with E-state index in [1.54, 1.807) is 50.4 Å². The van der Waals surface area contributed by atoms with Crippen LogP contribution in [0.25, 0.3) is 55.0 Å². The molecule has 0 radical (unpaired) electrons. The van der Waals surface area contributed by atoms with Gasteiger partial charge in [0.15, 0.2) is 5.15 Å². The van der Waals surface area contributed by atoms with Gasteiger partial charge in [-0.2, -0.15) is 6.42 Å². The second kappa shape index (κ2) is 31.9. The van der Waals surface area contributed by atoms with Gasteiger partial charge in [0.05, 0.1) is 44.7 Å². The number of rotatable bonds is 14. The van der Waals surface area contributed by atoms with Crippen LogP contribution >= 0.6 is 68.8 Å². The Morgan fingerprint density at radius 3 is 1.51 bits per heavy atom. The molecule has 0 fully saturated rings. The molecule has 73 heavy (non-hydrogen) atoms. The van der Waals surface area contributed by atoms with Crippen molar-refractivity contribution in [2.45, 2.75) is 113 Å². The molecule has 0 atom stereocenters. The van der Waals surface area contributed by atoms with Crippen LogP contribution in [0.3, 0.4) is 0 Å². The van der Waals surface area contributed by atoms with Crippen LogP contribution in [-0.2, 0) is 0 Å². The van der Waals surface area contributed by atoms with Gasteiger partial charge in [-0.1, -0.05) is 60.3 Å². The van der Waals surface area contributed by atoms with Gasteiger partial charge in [-0.15, -0.1) is 22.7 Å². The first-order chi connectivity index (χ1) is 34.8. The molecule has 0 unspecified atom stereocenters. The molecule has 9 aromatic rings. The van der Waals surface area contributed by atoms with Gasteiger partial charge < -0.3 is 18.4 Å². The molecule has 0 aliphatic heterocycles. The van der Waals surface area contributed by atoms with Crippen LogP contribution in [0.5, 0.6) is 0 Å². The summed E-state index contributed by atoms with van der Waals surface area (Å²) in [5, 5.41) is 4.01. The molecule has 0 bridgehead atoms. The maximum Gasteiger partial charge on any atom is 1.00 e. The smallest absolute Gasteiger partial charge is 0.382 e. The third kappa shape index (κ3) is 18.5. The first-order valence-corrected chi connectivity index (χ1v) is 35.4. The number of hydrogen-bond donors (Lipinski definition) is 2. The first-order valence-electron chi connectivity index (χ1n) is 24.3. The Bertz CT molecular complexity index is 3040. The number of nitrogen functional groups attached to an aromatic ring is 2. The molecule has 7 aromatic heterocycles. The van der Waals surface area contributed by atoms with E-state index in [9.17, 15) is 0 Å². The van der Waals surface area contributed by atoms with Crippen molar-refractivity contribution in [3.63, 3.8) is 0 Å². The molecule has 4 N–H and O–H groups in total. The molecule has 380 valence electrons. The van der Waals surface area contributed by atoms with Gasteiger partial charge in [-0.05, 0) is 50.2 Å². The number of nitrogens with two attached hydrogens (primary N) is 2. The quantitative estimate of drug-likeness (QED) is 0.0785. The van der Waals surface area contributed by atoms with E-state index in [4.69, 9.17) is 51.3 Å². The summed E-state index contributed by atoms with van der Waals surface area (Å²) in [6.07, 6.45) is 22.8. The Morgan fingerprint density at radius 2 is 1.08 bits per heavy atom. The number of thiazole rings is 3. The van der Waals surface area contributed by atoms with Crippen LogP contribution < -0.4 is 33.4 Å². The molecule has 9 rings (SSSR count). The van der Waals surface area contributed by atoms with E-state index in [0.717, 1.165) is 49.2 Å². The largest absolute Gasteiger partial charge is 1.00 e. The zero-order chi connectivity index (χ0) is 52.0. The molecule has 0 aliphatic carbocycles. The Hall–Kier alpha value is -3.82. The van der Waals surface area contributed by atoms with E-state index in [1.165, 1.54) is 74.2 Å². The van der Waals surface area contributed by atoms with E-state index >= 15 is 0 Å². The average Bonchev–Trinajstić information content (AvgIpc) is 4.17. The number of aryl methyl sites for hydroxylation is 3. The van der Waals surface area contributed by atoms with Crippen LogP contribution in [0, 0.1) is 27.7 Å². The van der Waals surface area contributed by atoms with Crippen LogP contribution in [0.1, 0.15) is 93.7 Å². The molecule has 2 aromatic carbocycles. The van der Waals surface area contributed by atoms with E-state index in [-0.39, 0.29) is 29.8 Å². The zero-order valence-corrected chi connectivity index (χ0v) is 50.8. The number of fused-ring (bicyclic) bond motifs is 2. The summed E-state index contributed by atoms with van der Waals surface area (Å²) in [4.78, 5) is 42.6. The fraction of sp³-hybridized carbons (Fsp3) is 0.333. The number of nitrogens with zero attached hydrogens (tertiary/aromatic N) is 9. The average molecular weight is 1200 g/mol. The van der Waals surface area contributed by atoms with Gasteiger partial charge in [0.25, 0.3) is 0 Å². The Labute approximate surface area is 474 Å². The molecule has 0 saturated carbocycles. The number of unbranched alkanes of at least 4 members (excludes halogenated alkanes) is 4. The van der Waals surface area contributed by atoms with Crippen molar-refractivity contribution in [1.82, 2.24) is 44.9 Å². The first kappa shape index (κ1) is 61.7. The molecule has 0 saturated heterocycles. The standard InChI is InChI=1S/C17H12ClN5S.C13H8Cl2N4.C4H5NS.C4H4NS.4C4H9.Li.Sn/c1-9-7-22-17(24-9)16-15(21-8-13(19)23-16)11-5-10-3-2-4-20-14(10)12(18)6-11;14-9-5-8(4-7-2-1-3-17-11(7)9)12-13(15)19-10(16)6-18-12;2*1-4-2-5-3-6-4;4*1-3-4-2;;/h2-8H,1H3,(H2,19,23);1-6H,(H2,16,19);2-3H,1H3;2H,1H3;4*1,3-4H2,2H3;;/q;;;;;;;-1;+1;. The van der Waals surface area contributed by atoms with Crippen molar-refractivity contribution >= 4 is 124 Å². The predicted octanol–water partition coefficient (Wildman–Crippen LogP) is 13.5. The second-order valence-corrected chi connectivity index (χ2v) is 35.8. The normalized spacial score (nSPS) is 10.7. The molecule has 11 nitrogen and oxygen atoms in total.